The quantitative estimate of drug-likeness (QED) is 0.498. The third-order valence-electron chi connectivity index (χ3n) is 4.76. The number of furan rings is 1. The normalized spacial score (nSPS) is 10.9. The summed E-state index contributed by atoms with van der Waals surface area (Å²) in [5, 5.41) is 3.35. The summed E-state index contributed by atoms with van der Waals surface area (Å²) >= 11 is 6.09. The van der Waals surface area contributed by atoms with Crippen LogP contribution in [0.4, 0.5) is 5.69 Å². The molecule has 0 aliphatic heterocycles. The van der Waals surface area contributed by atoms with Crippen molar-refractivity contribution in [3.63, 3.8) is 0 Å². The SMILES string of the molecule is COc1ccc(NC(=O)Cn2c(=O)n(Cc3ccco3)c(=O)c3ccc(Cl)cc32)cc1. The molecule has 1 amide bonds. The summed E-state index contributed by atoms with van der Waals surface area (Å²) in [5.74, 6) is 0.665. The molecule has 1 N–H and O–H groups in total. The van der Waals surface area contributed by atoms with Gasteiger partial charge in [0, 0.05) is 10.7 Å². The Labute approximate surface area is 181 Å². The first-order valence-electron chi connectivity index (χ1n) is 9.35. The van der Waals surface area contributed by atoms with Crippen LogP contribution < -0.4 is 21.3 Å². The molecule has 158 valence electrons. The molecule has 0 unspecified atom stereocenters. The van der Waals surface area contributed by atoms with Crippen LogP contribution in [0.15, 0.2) is 74.9 Å². The summed E-state index contributed by atoms with van der Waals surface area (Å²) < 4.78 is 12.6. The Morgan fingerprint density at radius 2 is 1.87 bits per heavy atom. The van der Waals surface area contributed by atoms with E-state index in [1.165, 1.54) is 23.0 Å². The number of hydrogen-bond donors (Lipinski definition) is 1. The maximum absolute atomic E-state index is 13.2. The third kappa shape index (κ3) is 4.24. The number of carbonyl (C=O) groups excluding carboxylic acids is 1. The van der Waals surface area contributed by atoms with Crippen LogP contribution in [0.5, 0.6) is 5.75 Å². The second-order valence-corrected chi connectivity index (χ2v) is 7.21. The number of halogens is 1. The highest BCUT2D eigenvalue weighted by Gasteiger charge is 2.17. The van der Waals surface area contributed by atoms with Crippen LogP contribution in [0.3, 0.4) is 0 Å². The second-order valence-electron chi connectivity index (χ2n) is 6.78. The predicted octanol–water partition coefficient (Wildman–Crippen LogP) is 3.11. The highest BCUT2D eigenvalue weighted by atomic mass is 35.5. The Hall–Kier alpha value is -3.78. The molecule has 0 saturated heterocycles. The lowest BCUT2D eigenvalue weighted by atomic mass is 10.2. The first-order valence-corrected chi connectivity index (χ1v) is 9.73. The Morgan fingerprint density at radius 3 is 2.55 bits per heavy atom. The zero-order valence-corrected chi connectivity index (χ0v) is 17.3. The van der Waals surface area contributed by atoms with Crippen LogP contribution in [-0.4, -0.2) is 22.2 Å². The molecule has 4 rings (SSSR count). The van der Waals surface area contributed by atoms with Crippen LogP contribution in [0, 0.1) is 0 Å². The van der Waals surface area contributed by atoms with Crippen molar-refractivity contribution < 1.29 is 13.9 Å². The molecule has 0 atom stereocenters. The molecule has 4 aromatic rings. The highest BCUT2D eigenvalue weighted by molar-refractivity contribution is 6.31. The zero-order valence-electron chi connectivity index (χ0n) is 16.5. The molecule has 0 fully saturated rings. The van der Waals surface area contributed by atoms with Gasteiger partial charge in [0.2, 0.25) is 5.91 Å². The maximum atomic E-state index is 13.2. The van der Waals surface area contributed by atoms with E-state index in [1.807, 2.05) is 0 Å². The maximum Gasteiger partial charge on any atom is 0.332 e. The van der Waals surface area contributed by atoms with Crippen molar-refractivity contribution >= 4 is 34.1 Å². The summed E-state index contributed by atoms with van der Waals surface area (Å²) in [6, 6.07) is 14.7. The van der Waals surface area contributed by atoms with Crippen molar-refractivity contribution in [2.75, 3.05) is 12.4 Å². The molecule has 0 spiro atoms. The summed E-state index contributed by atoms with van der Waals surface area (Å²) in [7, 11) is 1.55. The summed E-state index contributed by atoms with van der Waals surface area (Å²) in [5.41, 5.74) is -0.297. The largest absolute Gasteiger partial charge is 0.497 e. The van der Waals surface area contributed by atoms with E-state index in [0.29, 0.717) is 22.2 Å². The van der Waals surface area contributed by atoms with Gasteiger partial charge in [-0.15, -0.1) is 0 Å². The van der Waals surface area contributed by atoms with E-state index in [0.717, 1.165) is 4.57 Å². The standard InChI is InChI=1S/C22H18ClN3O5/c1-30-16-7-5-15(6-8-16)24-20(27)13-25-19-11-14(23)4-9-18(19)21(28)26(22(25)29)12-17-3-2-10-31-17/h2-11H,12-13H2,1H3,(H,24,27). The minimum absolute atomic E-state index is 0.0522. The number of rotatable bonds is 6. The van der Waals surface area contributed by atoms with Crippen molar-refractivity contribution in [1.29, 1.82) is 0 Å². The molecule has 2 heterocycles. The van der Waals surface area contributed by atoms with E-state index in [9.17, 15) is 14.4 Å². The van der Waals surface area contributed by atoms with Crippen LogP contribution in [0.25, 0.3) is 10.9 Å². The molecule has 8 nitrogen and oxygen atoms in total. The summed E-state index contributed by atoms with van der Waals surface area (Å²) in [4.78, 5) is 38.8. The number of anilines is 1. The lowest BCUT2D eigenvalue weighted by molar-refractivity contribution is -0.116. The van der Waals surface area contributed by atoms with Crippen LogP contribution >= 0.6 is 11.6 Å². The van der Waals surface area contributed by atoms with Crippen molar-refractivity contribution in [3.8, 4) is 5.75 Å². The molecule has 0 bridgehead atoms. The number of nitrogens with one attached hydrogen (secondary N) is 1. The van der Waals surface area contributed by atoms with E-state index in [-0.39, 0.29) is 24.0 Å². The number of hydrogen-bond acceptors (Lipinski definition) is 5. The first-order chi connectivity index (χ1) is 15.0. The molecule has 2 aromatic heterocycles. The Bertz CT molecular complexity index is 1360. The average molecular weight is 440 g/mol. The van der Waals surface area contributed by atoms with E-state index in [4.69, 9.17) is 20.8 Å². The minimum atomic E-state index is -0.638. The molecule has 0 aliphatic rings. The van der Waals surface area contributed by atoms with Crippen molar-refractivity contribution in [3.05, 3.63) is 92.5 Å². The lowest BCUT2D eigenvalue weighted by Gasteiger charge is -2.14. The molecule has 0 aliphatic carbocycles. The number of amides is 1. The van der Waals surface area contributed by atoms with Gasteiger partial charge in [0.05, 0.1) is 30.8 Å². The first kappa shape index (κ1) is 20.5. The predicted molar refractivity (Wildman–Crippen MR) is 117 cm³/mol. The lowest BCUT2D eigenvalue weighted by Crippen LogP contribution is -2.42. The fourth-order valence-electron chi connectivity index (χ4n) is 3.26. The van der Waals surface area contributed by atoms with Gasteiger partial charge in [-0.1, -0.05) is 11.6 Å². The molecular weight excluding hydrogens is 422 g/mol. The van der Waals surface area contributed by atoms with Gasteiger partial charge in [0.1, 0.15) is 18.1 Å². The average Bonchev–Trinajstić information content (AvgIpc) is 3.28. The van der Waals surface area contributed by atoms with Crippen molar-refractivity contribution in [1.82, 2.24) is 9.13 Å². The van der Waals surface area contributed by atoms with Crippen LogP contribution in [-0.2, 0) is 17.9 Å². The van der Waals surface area contributed by atoms with Crippen LogP contribution in [0.2, 0.25) is 5.02 Å². The van der Waals surface area contributed by atoms with Gasteiger partial charge in [0.25, 0.3) is 5.56 Å². The Balaban J connectivity index is 1.74. The molecule has 2 aromatic carbocycles. The smallest absolute Gasteiger partial charge is 0.332 e. The van der Waals surface area contributed by atoms with Crippen molar-refractivity contribution in [2.24, 2.45) is 0 Å². The van der Waals surface area contributed by atoms with Gasteiger partial charge in [0.15, 0.2) is 0 Å². The number of carbonyl (C=O) groups is 1. The number of benzene rings is 2. The monoisotopic (exact) mass is 439 g/mol. The topological polar surface area (TPSA) is 95.5 Å². The van der Waals surface area contributed by atoms with Gasteiger partial charge in [-0.05, 0) is 54.6 Å². The van der Waals surface area contributed by atoms with Gasteiger partial charge in [-0.2, -0.15) is 0 Å². The summed E-state index contributed by atoms with van der Waals surface area (Å²) in [6.07, 6.45) is 1.46. The van der Waals surface area contributed by atoms with Gasteiger partial charge in [-0.25, -0.2) is 4.79 Å². The Kier molecular flexibility index (Phi) is 5.64. The Morgan fingerprint density at radius 1 is 1.10 bits per heavy atom. The van der Waals surface area contributed by atoms with Crippen molar-refractivity contribution in [2.45, 2.75) is 13.1 Å². The number of nitrogens with zero attached hydrogens (tertiary/aromatic N) is 2. The second kappa shape index (κ2) is 8.53. The molecule has 9 heteroatoms. The fraction of sp³-hybridized carbons (Fsp3) is 0.136. The number of methoxy groups -OCH3 is 1. The highest BCUT2D eigenvalue weighted by Crippen LogP contribution is 2.17. The minimum Gasteiger partial charge on any atom is -0.497 e. The molecular formula is C22H18ClN3O5. The number of ether oxygens (including phenoxy) is 1. The fourth-order valence-corrected chi connectivity index (χ4v) is 3.43. The third-order valence-corrected chi connectivity index (χ3v) is 4.99. The van der Waals surface area contributed by atoms with E-state index in [1.54, 1.807) is 49.6 Å². The van der Waals surface area contributed by atoms with E-state index in [2.05, 4.69) is 5.32 Å². The van der Waals surface area contributed by atoms with Crippen LogP contribution in [0.1, 0.15) is 5.76 Å². The summed E-state index contributed by atoms with van der Waals surface area (Å²) in [6.45, 7) is -0.358. The van der Waals surface area contributed by atoms with Gasteiger partial charge >= 0.3 is 5.69 Å². The molecule has 31 heavy (non-hydrogen) atoms. The molecule has 0 radical (unpaired) electrons. The van der Waals surface area contributed by atoms with E-state index >= 15 is 0 Å². The zero-order chi connectivity index (χ0) is 22.0. The molecule has 0 saturated carbocycles. The van der Waals surface area contributed by atoms with E-state index < -0.39 is 17.2 Å². The van der Waals surface area contributed by atoms with Gasteiger partial charge < -0.3 is 14.5 Å². The number of aromatic nitrogens is 2. The number of fused-ring (bicyclic) bond motifs is 1. The van der Waals surface area contributed by atoms with Gasteiger partial charge in [-0.3, -0.25) is 18.7 Å².